The highest BCUT2D eigenvalue weighted by atomic mass is 28.3. The van der Waals surface area contributed by atoms with Gasteiger partial charge in [0.1, 0.15) is 11.9 Å². The van der Waals surface area contributed by atoms with E-state index in [0.29, 0.717) is 23.4 Å². The molecule has 0 saturated carbocycles. The van der Waals surface area contributed by atoms with Crippen LogP contribution in [0.15, 0.2) is 42.5 Å². The average molecular weight is 499 g/mol. The van der Waals surface area contributed by atoms with E-state index >= 15 is 0 Å². The van der Waals surface area contributed by atoms with Crippen molar-refractivity contribution >= 4 is 36.4 Å². The number of rotatable bonds is 7. The van der Waals surface area contributed by atoms with Crippen LogP contribution in [-0.4, -0.2) is 56.0 Å². The lowest BCUT2D eigenvalue weighted by Gasteiger charge is -2.37. The zero-order valence-corrected chi connectivity index (χ0v) is 21.8. The van der Waals surface area contributed by atoms with Gasteiger partial charge in [0.25, 0.3) is 11.8 Å². The number of carbonyl (C=O) groups is 2. The second-order valence-electron chi connectivity index (χ2n) is 10.0. The first-order valence-electron chi connectivity index (χ1n) is 11.9. The van der Waals surface area contributed by atoms with Crippen molar-refractivity contribution in [3.63, 3.8) is 0 Å². The number of hydrogen-bond acceptors (Lipinski definition) is 6. The quantitative estimate of drug-likeness (QED) is 0.436. The van der Waals surface area contributed by atoms with E-state index in [4.69, 9.17) is 9.47 Å². The molecule has 188 valence electrons. The van der Waals surface area contributed by atoms with Crippen molar-refractivity contribution in [2.45, 2.75) is 56.7 Å². The molecule has 4 rings (SSSR count). The van der Waals surface area contributed by atoms with Crippen molar-refractivity contribution in [2.24, 2.45) is 5.92 Å². The number of benzene rings is 2. The van der Waals surface area contributed by atoms with Crippen LogP contribution in [0.5, 0.6) is 5.75 Å². The third-order valence-corrected chi connectivity index (χ3v) is 12.0. The van der Waals surface area contributed by atoms with Gasteiger partial charge in [-0.25, -0.2) is 0 Å². The lowest BCUT2D eigenvalue weighted by molar-refractivity contribution is -0.143. The molecule has 5 atom stereocenters. The fourth-order valence-electron chi connectivity index (χ4n) is 5.85. The Morgan fingerprint density at radius 1 is 1.26 bits per heavy atom. The third-order valence-electron chi connectivity index (χ3n) is 7.65. The summed E-state index contributed by atoms with van der Waals surface area (Å²) in [6.45, 7) is 7.95. The van der Waals surface area contributed by atoms with Gasteiger partial charge in [-0.1, -0.05) is 37.3 Å². The molecule has 0 radical (unpaired) electrons. The maximum Gasteiger partial charge on any atom is 0.261 e. The number of fused-ring (bicyclic) bond motifs is 2. The van der Waals surface area contributed by atoms with E-state index in [0.717, 1.165) is 5.75 Å². The van der Waals surface area contributed by atoms with Gasteiger partial charge in [-0.15, -0.1) is 0 Å². The molecule has 2 aliphatic rings. The molecule has 9 heteroatoms. The van der Waals surface area contributed by atoms with E-state index in [1.807, 2.05) is 12.1 Å². The summed E-state index contributed by atoms with van der Waals surface area (Å²) in [6.07, 6.45) is -1.05. The Bertz CT molecular complexity index is 1120. The number of amides is 2. The number of anilines is 2. The van der Waals surface area contributed by atoms with Crippen LogP contribution < -0.4 is 20.6 Å². The van der Waals surface area contributed by atoms with E-state index in [1.54, 1.807) is 25.3 Å². The van der Waals surface area contributed by atoms with Gasteiger partial charge in [0.2, 0.25) is 0 Å². The van der Waals surface area contributed by atoms with E-state index < -0.39 is 25.7 Å². The molecule has 2 aromatic carbocycles. The van der Waals surface area contributed by atoms with Crippen molar-refractivity contribution in [3.8, 4) is 5.75 Å². The fourth-order valence-corrected chi connectivity index (χ4v) is 9.91. The number of aliphatic hydroxyl groups is 2. The molecule has 1 spiro atoms. The second-order valence-corrected chi connectivity index (χ2v) is 14.7. The van der Waals surface area contributed by atoms with Crippen LogP contribution in [0, 0.1) is 5.92 Å². The van der Waals surface area contributed by atoms with Crippen LogP contribution in [0.4, 0.5) is 11.4 Å². The first kappa shape index (κ1) is 25.4. The summed E-state index contributed by atoms with van der Waals surface area (Å²) in [7, 11) is -0.581. The molecular formula is C26H34N2O6Si. The predicted molar refractivity (Wildman–Crippen MR) is 137 cm³/mol. The smallest absolute Gasteiger partial charge is 0.261 e. The monoisotopic (exact) mass is 498 g/mol. The maximum atomic E-state index is 13.5. The highest BCUT2D eigenvalue weighted by Crippen LogP contribution is 2.58. The van der Waals surface area contributed by atoms with Gasteiger partial charge < -0.3 is 30.3 Å². The number of carbonyl (C=O) groups excluding carboxylic acids is 2. The zero-order valence-electron chi connectivity index (χ0n) is 20.8. The SMILES string of the molecule is COc1ccc([Si](C)(C)[C@H]2[C@H](CCO)O[C@@]3(C(=O)Nc4ccc(NC(=O)[C@H](C)O)cc43)[C@@H]2C)cc1. The summed E-state index contributed by atoms with van der Waals surface area (Å²) in [5.41, 5.74) is 0.598. The standard InChI is InChI=1S/C26H34N2O6Si/c1-15-23(35(4,5)19-9-7-18(33-3)8-10-19)22(12-13-29)34-26(15)20-14-17(27-24(31)16(2)30)6-11-21(20)28-25(26)32/h6-11,14-16,22-23,29-30H,12-13H2,1-5H3,(H,27,31)(H,28,32)/t15-,16+,22+,23-,26+/m1/s1. The van der Waals surface area contributed by atoms with E-state index in [9.17, 15) is 19.8 Å². The summed E-state index contributed by atoms with van der Waals surface area (Å²) in [4.78, 5) is 25.6. The molecule has 2 heterocycles. The minimum atomic E-state index is -2.22. The Morgan fingerprint density at radius 3 is 2.54 bits per heavy atom. The summed E-state index contributed by atoms with van der Waals surface area (Å²) in [6, 6.07) is 13.3. The highest BCUT2D eigenvalue weighted by Gasteiger charge is 2.64. The molecule has 1 fully saturated rings. The third kappa shape index (κ3) is 4.16. The van der Waals surface area contributed by atoms with Crippen molar-refractivity contribution in [3.05, 3.63) is 48.0 Å². The molecule has 1 saturated heterocycles. The van der Waals surface area contributed by atoms with Crippen LogP contribution in [0.2, 0.25) is 18.6 Å². The van der Waals surface area contributed by atoms with Crippen molar-refractivity contribution < 1.29 is 29.3 Å². The molecule has 35 heavy (non-hydrogen) atoms. The number of nitrogens with one attached hydrogen (secondary N) is 2. The first-order chi connectivity index (χ1) is 16.6. The van der Waals surface area contributed by atoms with Gasteiger partial charge in [0.05, 0.1) is 21.3 Å². The molecule has 0 aromatic heterocycles. The molecule has 2 aliphatic heterocycles. The number of ether oxygens (including phenoxy) is 2. The normalized spacial score (nSPS) is 26.4. The van der Waals surface area contributed by atoms with Crippen LogP contribution in [0.3, 0.4) is 0 Å². The van der Waals surface area contributed by atoms with Gasteiger partial charge in [-0.05, 0) is 49.2 Å². The molecular weight excluding hydrogens is 464 g/mol. The summed E-state index contributed by atoms with van der Waals surface area (Å²) in [5, 5.41) is 26.3. The van der Waals surface area contributed by atoms with Crippen LogP contribution in [-0.2, 0) is 19.9 Å². The first-order valence-corrected chi connectivity index (χ1v) is 15.0. The summed E-state index contributed by atoms with van der Waals surface area (Å²) < 4.78 is 12.0. The fraction of sp³-hybridized carbons (Fsp3) is 0.462. The minimum absolute atomic E-state index is 0.0375. The molecule has 4 N–H and O–H groups in total. The van der Waals surface area contributed by atoms with E-state index in [-0.39, 0.29) is 30.1 Å². The molecule has 8 nitrogen and oxygen atoms in total. The van der Waals surface area contributed by atoms with Crippen LogP contribution in [0.25, 0.3) is 0 Å². The zero-order chi connectivity index (χ0) is 25.5. The minimum Gasteiger partial charge on any atom is -0.497 e. The average Bonchev–Trinajstić information content (AvgIpc) is 3.28. The summed E-state index contributed by atoms with van der Waals surface area (Å²) >= 11 is 0. The molecule has 0 bridgehead atoms. The van der Waals surface area contributed by atoms with Crippen LogP contribution >= 0.6 is 0 Å². The largest absolute Gasteiger partial charge is 0.497 e. The summed E-state index contributed by atoms with van der Waals surface area (Å²) in [5.74, 6) is -0.162. The van der Waals surface area contributed by atoms with Crippen molar-refractivity contribution in [1.82, 2.24) is 0 Å². The lowest BCUT2D eigenvalue weighted by Crippen LogP contribution is -2.51. The highest BCUT2D eigenvalue weighted by molar-refractivity contribution is 6.91. The number of aliphatic hydroxyl groups excluding tert-OH is 2. The van der Waals surface area contributed by atoms with E-state index in [1.165, 1.54) is 12.1 Å². The lowest BCUT2D eigenvalue weighted by atomic mass is 9.82. The molecule has 2 amide bonds. The van der Waals surface area contributed by atoms with Gasteiger partial charge >= 0.3 is 0 Å². The van der Waals surface area contributed by atoms with Gasteiger partial charge in [0.15, 0.2) is 5.60 Å². The van der Waals surface area contributed by atoms with Gasteiger partial charge in [-0.3, -0.25) is 9.59 Å². The Morgan fingerprint density at radius 2 is 1.94 bits per heavy atom. The van der Waals surface area contributed by atoms with Crippen molar-refractivity contribution in [1.29, 1.82) is 0 Å². The van der Waals surface area contributed by atoms with Gasteiger partial charge in [0, 0.05) is 29.5 Å². The Kier molecular flexibility index (Phi) is 6.80. The number of methoxy groups -OCH3 is 1. The molecule has 0 aliphatic carbocycles. The Hall–Kier alpha value is -2.72. The van der Waals surface area contributed by atoms with E-state index in [2.05, 4.69) is 42.8 Å². The van der Waals surface area contributed by atoms with Crippen LogP contribution in [0.1, 0.15) is 25.8 Å². The van der Waals surface area contributed by atoms with Gasteiger partial charge in [-0.2, -0.15) is 0 Å². The molecule has 0 unspecified atom stereocenters. The Balaban J connectivity index is 1.77. The topological polar surface area (TPSA) is 117 Å². The Labute approximate surface area is 206 Å². The predicted octanol–water partition coefficient (Wildman–Crippen LogP) is 2.56. The number of hydrogen-bond donors (Lipinski definition) is 4. The maximum absolute atomic E-state index is 13.5. The van der Waals surface area contributed by atoms with Crippen molar-refractivity contribution in [2.75, 3.05) is 24.4 Å². The molecule has 2 aromatic rings. The second kappa shape index (κ2) is 9.38.